The molecule has 0 unspecified atom stereocenters. The number of nitro groups is 1. The lowest BCUT2D eigenvalue weighted by Gasteiger charge is -2.13. The first-order valence-corrected chi connectivity index (χ1v) is 9.39. The van der Waals surface area contributed by atoms with Crippen molar-refractivity contribution in [2.75, 3.05) is 6.61 Å². The minimum atomic E-state index is -0.469. The average molecular weight is 480 g/mol. The van der Waals surface area contributed by atoms with Crippen LogP contribution in [0.5, 0.6) is 5.75 Å². The first kappa shape index (κ1) is 20.1. The van der Waals surface area contributed by atoms with E-state index in [1.807, 2.05) is 12.1 Å². The molecule has 0 aliphatic heterocycles. The molecule has 134 valence electrons. The lowest BCUT2D eigenvalue weighted by Crippen LogP contribution is -2.05. The zero-order valence-electron chi connectivity index (χ0n) is 14.2. The van der Waals surface area contributed by atoms with E-state index in [1.54, 1.807) is 18.2 Å². The Morgan fingerprint density at radius 1 is 1.27 bits per heavy atom. The van der Waals surface area contributed by atoms with Crippen molar-refractivity contribution in [2.45, 2.75) is 13.8 Å². The van der Waals surface area contributed by atoms with Gasteiger partial charge in [0.05, 0.1) is 32.1 Å². The van der Waals surface area contributed by atoms with Crippen molar-refractivity contribution in [3.63, 3.8) is 0 Å². The number of hydrogen-bond acceptors (Lipinski definition) is 4. The molecule has 2 aromatic carbocycles. The molecule has 0 N–H and O–H groups in total. The lowest BCUT2D eigenvalue weighted by molar-refractivity contribution is -0.384. The average Bonchev–Trinajstić information content (AvgIpc) is 2.58. The Bertz CT molecular complexity index is 862. The van der Waals surface area contributed by atoms with Gasteiger partial charge in [0.25, 0.3) is 5.69 Å². The van der Waals surface area contributed by atoms with E-state index >= 15 is 0 Å². The Labute approximate surface area is 168 Å². The van der Waals surface area contributed by atoms with E-state index in [4.69, 9.17) is 4.74 Å². The van der Waals surface area contributed by atoms with Crippen molar-refractivity contribution in [1.82, 2.24) is 0 Å². The molecule has 2 aromatic rings. The summed E-state index contributed by atoms with van der Waals surface area (Å²) in [6.07, 6.45) is 1.73. The number of nitrogens with zero attached hydrogens (tertiary/aromatic N) is 2. The van der Waals surface area contributed by atoms with Crippen LogP contribution in [0.2, 0.25) is 0 Å². The van der Waals surface area contributed by atoms with E-state index < -0.39 is 4.92 Å². The molecule has 0 atom stereocenters. The van der Waals surface area contributed by atoms with Gasteiger partial charge in [-0.25, -0.2) is 0 Å². The summed E-state index contributed by atoms with van der Waals surface area (Å²) in [5.74, 6) is 1.12. The van der Waals surface area contributed by atoms with Crippen LogP contribution in [-0.4, -0.2) is 11.5 Å². The second-order valence-corrected chi connectivity index (χ2v) is 7.70. The summed E-state index contributed by atoms with van der Waals surface area (Å²) >= 11 is 7.00. The van der Waals surface area contributed by atoms with Gasteiger partial charge in [0, 0.05) is 12.1 Å². The van der Waals surface area contributed by atoms with Crippen molar-refractivity contribution in [1.29, 1.82) is 5.26 Å². The maximum Gasteiger partial charge on any atom is 0.269 e. The fourth-order valence-corrected chi connectivity index (χ4v) is 3.61. The SMILES string of the molecule is CC(C)COc1c(Br)cc(/C=C(\C#N)c2ccc([N+](=O)[O-])cc2)cc1Br. The van der Waals surface area contributed by atoms with Crippen molar-refractivity contribution < 1.29 is 9.66 Å². The predicted octanol–water partition coefficient (Wildman–Crippen LogP) is 6.22. The van der Waals surface area contributed by atoms with Gasteiger partial charge in [-0.05, 0) is 79.2 Å². The Kier molecular flexibility index (Phi) is 6.95. The number of nitro benzene ring substituents is 1. The third kappa shape index (κ3) is 5.16. The highest BCUT2D eigenvalue weighted by Crippen LogP contribution is 2.36. The maximum atomic E-state index is 10.7. The third-order valence-corrected chi connectivity index (χ3v) is 4.58. The molecule has 0 saturated heterocycles. The van der Waals surface area contributed by atoms with Gasteiger partial charge >= 0.3 is 0 Å². The Morgan fingerprint density at radius 2 is 1.85 bits per heavy atom. The molecule has 7 heteroatoms. The lowest BCUT2D eigenvalue weighted by atomic mass is 10.0. The highest BCUT2D eigenvalue weighted by atomic mass is 79.9. The maximum absolute atomic E-state index is 10.7. The Morgan fingerprint density at radius 3 is 2.31 bits per heavy atom. The summed E-state index contributed by atoms with van der Waals surface area (Å²) in [5, 5.41) is 20.2. The number of non-ortho nitro benzene ring substituents is 1. The molecule has 26 heavy (non-hydrogen) atoms. The number of hydrogen-bond donors (Lipinski definition) is 0. The number of ether oxygens (including phenoxy) is 1. The van der Waals surface area contributed by atoms with Crippen LogP contribution in [0.25, 0.3) is 11.6 Å². The van der Waals surface area contributed by atoms with Gasteiger partial charge in [0.1, 0.15) is 5.75 Å². The van der Waals surface area contributed by atoms with Crippen molar-refractivity contribution in [2.24, 2.45) is 5.92 Å². The normalized spacial score (nSPS) is 11.3. The molecular weight excluding hydrogens is 464 g/mol. The standard InChI is InChI=1S/C19H16Br2N2O3/c1-12(2)11-26-19-17(20)8-13(9-18(19)21)7-15(10-22)14-3-5-16(6-4-14)23(24)25/h3-9,12H,11H2,1-2H3/b15-7+. The Hall–Kier alpha value is -2.17. The minimum Gasteiger partial charge on any atom is -0.491 e. The van der Waals surface area contributed by atoms with Crippen molar-refractivity contribution in [3.8, 4) is 11.8 Å². The second kappa shape index (κ2) is 8.97. The van der Waals surface area contributed by atoms with Gasteiger partial charge in [-0.1, -0.05) is 13.8 Å². The van der Waals surface area contributed by atoms with Crippen molar-refractivity contribution in [3.05, 3.63) is 66.6 Å². The summed E-state index contributed by atoms with van der Waals surface area (Å²) in [4.78, 5) is 10.3. The number of allylic oxidation sites excluding steroid dienone is 1. The molecule has 5 nitrogen and oxygen atoms in total. The topological polar surface area (TPSA) is 76.2 Å². The van der Waals surface area contributed by atoms with E-state index in [9.17, 15) is 15.4 Å². The van der Waals surface area contributed by atoms with Gasteiger partial charge < -0.3 is 4.74 Å². The fraction of sp³-hybridized carbons (Fsp3) is 0.211. The molecular formula is C19H16Br2N2O3. The van der Waals surface area contributed by atoms with Crippen LogP contribution in [0.1, 0.15) is 25.0 Å². The van der Waals surface area contributed by atoms with Gasteiger partial charge in [0.2, 0.25) is 0 Å². The molecule has 0 aliphatic carbocycles. The molecule has 0 aromatic heterocycles. The van der Waals surface area contributed by atoms with E-state index in [-0.39, 0.29) is 5.69 Å². The molecule has 2 rings (SSSR count). The van der Waals surface area contributed by atoms with Gasteiger partial charge in [-0.3, -0.25) is 10.1 Å². The number of nitriles is 1. The minimum absolute atomic E-state index is 0.0109. The molecule has 0 aliphatic rings. The number of rotatable bonds is 6. The van der Waals surface area contributed by atoms with Gasteiger partial charge in [-0.2, -0.15) is 5.26 Å². The predicted molar refractivity (Wildman–Crippen MR) is 109 cm³/mol. The highest BCUT2D eigenvalue weighted by molar-refractivity contribution is 9.11. The van der Waals surface area contributed by atoms with E-state index in [2.05, 4.69) is 51.8 Å². The molecule has 0 radical (unpaired) electrons. The van der Waals surface area contributed by atoms with Crippen LogP contribution in [0.15, 0.2) is 45.3 Å². The van der Waals surface area contributed by atoms with Crippen LogP contribution in [0, 0.1) is 27.4 Å². The zero-order valence-corrected chi connectivity index (χ0v) is 17.4. The van der Waals surface area contributed by atoms with Crippen molar-refractivity contribution >= 4 is 49.2 Å². The summed E-state index contributed by atoms with van der Waals surface area (Å²) < 4.78 is 7.35. The van der Waals surface area contributed by atoms with Crippen LogP contribution in [-0.2, 0) is 0 Å². The molecule has 0 fully saturated rings. The monoisotopic (exact) mass is 478 g/mol. The smallest absolute Gasteiger partial charge is 0.269 e. The number of halogens is 2. The highest BCUT2D eigenvalue weighted by Gasteiger charge is 2.11. The summed E-state index contributed by atoms with van der Waals surface area (Å²) in [6.45, 7) is 4.74. The van der Waals surface area contributed by atoms with Gasteiger partial charge in [-0.15, -0.1) is 0 Å². The first-order valence-electron chi connectivity index (χ1n) is 7.80. The molecule has 0 bridgehead atoms. The van der Waals surface area contributed by atoms with E-state index in [0.29, 0.717) is 29.4 Å². The first-order chi connectivity index (χ1) is 12.3. The van der Waals surface area contributed by atoms with Crippen LogP contribution in [0.4, 0.5) is 5.69 Å². The quantitative estimate of drug-likeness (QED) is 0.213. The van der Waals surface area contributed by atoms with Crippen LogP contribution in [0.3, 0.4) is 0 Å². The van der Waals surface area contributed by atoms with Gasteiger partial charge in [0.15, 0.2) is 0 Å². The fourth-order valence-electron chi connectivity index (χ4n) is 2.16. The van der Waals surface area contributed by atoms with E-state index in [1.165, 1.54) is 12.1 Å². The molecule has 0 saturated carbocycles. The summed E-state index contributed by atoms with van der Waals surface area (Å²) in [6, 6.07) is 11.8. The van der Waals surface area contributed by atoms with Crippen LogP contribution < -0.4 is 4.74 Å². The summed E-state index contributed by atoms with van der Waals surface area (Å²) in [5.41, 5.74) is 1.82. The molecule has 0 spiro atoms. The molecule has 0 heterocycles. The Balaban J connectivity index is 2.34. The summed E-state index contributed by atoms with van der Waals surface area (Å²) in [7, 11) is 0. The number of benzene rings is 2. The van der Waals surface area contributed by atoms with Crippen LogP contribution >= 0.6 is 31.9 Å². The van der Waals surface area contributed by atoms with E-state index in [0.717, 1.165) is 14.5 Å². The largest absolute Gasteiger partial charge is 0.491 e. The molecule has 0 amide bonds. The third-order valence-electron chi connectivity index (χ3n) is 3.40. The zero-order chi connectivity index (χ0) is 19.3. The second-order valence-electron chi connectivity index (χ2n) is 5.99.